The van der Waals surface area contributed by atoms with Crippen LogP contribution in [0.25, 0.3) is 0 Å². The lowest BCUT2D eigenvalue weighted by molar-refractivity contribution is -0.383. The average molecular weight is 374 g/mol. The second kappa shape index (κ2) is 7.75. The van der Waals surface area contributed by atoms with Crippen molar-refractivity contribution in [1.82, 2.24) is 9.97 Å². The first kappa shape index (κ1) is 17.6. The van der Waals surface area contributed by atoms with Crippen LogP contribution in [-0.2, 0) is 6.54 Å². The zero-order valence-electron chi connectivity index (χ0n) is 13.3. The molecule has 1 aromatic heterocycles. The van der Waals surface area contributed by atoms with Crippen LogP contribution in [0.1, 0.15) is 5.56 Å². The fourth-order valence-electron chi connectivity index (χ4n) is 2.26. The number of nitrogens with one attached hydrogen (secondary N) is 2. The van der Waals surface area contributed by atoms with E-state index in [0.29, 0.717) is 10.7 Å². The first-order chi connectivity index (χ1) is 12.5. The number of nitrogens with zero attached hydrogens (tertiary/aromatic N) is 3. The molecule has 9 heteroatoms. The normalized spacial score (nSPS) is 10.4. The Morgan fingerprint density at radius 3 is 2.46 bits per heavy atom. The predicted molar refractivity (Wildman–Crippen MR) is 97.1 cm³/mol. The molecule has 0 bridgehead atoms. The molecule has 3 aromatic rings. The number of anilines is 3. The molecule has 7 nitrogen and oxygen atoms in total. The number of hydrogen-bond donors (Lipinski definition) is 2. The van der Waals surface area contributed by atoms with Crippen LogP contribution in [0, 0.1) is 15.9 Å². The molecule has 132 valence electrons. The third-order valence-electron chi connectivity index (χ3n) is 3.52. The van der Waals surface area contributed by atoms with Gasteiger partial charge in [0.1, 0.15) is 12.1 Å². The minimum absolute atomic E-state index is 0.00160. The monoisotopic (exact) mass is 373 g/mol. The standard InChI is InChI=1S/C17H13ClFN5O2/c18-14-4-2-1-3-11(14)9-20-16-15(24(25)26)17(22-10-21-16)23-13-7-5-12(19)6-8-13/h1-8,10H,9H2,(H2,20,21,22,23). The molecule has 0 aliphatic heterocycles. The van der Waals surface area contributed by atoms with Crippen LogP contribution in [0.4, 0.5) is 27.4 Å². The Morgan fingerprint density at radius 1 is 1.08 bits per heavy atom. The molecule has 2 N–H and O–H groups in total. The molecule has 0 fully saturated rings. The Kier molecular flexibility index (Phi) is 5.23. The van der Waals surface area contributed by atoms with E-state index in [1.54, 1.807) is 18.2 Å². The Morgan fingerprint density at radius 2 is 1.77 bits per heavy atom. The van der Waals surface area contributed by atoms with E-state index in [2.05, 4.69) is 20.6 Å². The molecule has 2 aromatic carbocycles. The van der Waals surface area contributed by atoms with Crippen molar-refractivity contribution in [2.75, 3.05) is 10.6 Å². The summed E-state index contributed by atoms with van der Waals surface area (Å²) in [5.74, 6) is -0.359. The summed E-state index contributed by atoms with van der Waals surface area (Å²) in [6, 6.07) is 12.5. The third-order valence-corrected chi connectivity index (χ3v) is 3.88. The maximum atomic E-state index is 13.0. The molecule has 0 atom stereocenters. The van der Waals surface area contributed by atoms with Crippen molar-refractivity contribution in [2.45, 2.75) is 6.54 Å². The van der Waals surface area contributed by atoms with Gasteiger partial charge in [-0.15, -0.1) is 0 Å². The van der Waals surface area contributed by atoms with Gasteiger partial charge in [0.05, 0.1) is 4.92 Å². The summed E-state index contributed by atoms with van der Waals surface area (Å²) < 4.78 is 13.0. The van der Waals surface area contributed by atoms with Crippen LogP contribution in [0.5, 0.6) is 0 Å². The second-order valence-electron chi connectivity index (χ2n) is 5.25. The lowest BCUT2D eigenvalue weighted by Crippen LogP contribution is -2.08. The summed E-state index contributed by atoms with van der Waals surface area (Å²) in [6.45, 7) is 0.257. The first-order valence-corrected chi connectivity index (χ1v) is 7.91. The van der Waals surface area contributed by atoms with Gasteiger partial charge < -0.3 is 10.6 Å². The van der Waals surface area contributed by atoms with Gasteiger partial charge in [-0.1, -0.05) is 29.8 Å². The first-order valence-electron chi connectivity index (χ1n) is 7.54. The quantitative estimate of drug-likeness (QED) is 0.487. The van der Waals surface area contributed by atoms with Crippen molar-refractivity contribution in [3.05, 3.63) is 81.4 Å². The van der Waals surface area contributed by atoms with Gasteiger partial charge in [-0.3, -0.25) is 10.1 Å². The minimum Gasteiger partial charge on any atom is -0.360 e. The van der Waals surface area contributed by atoms with E-state index in [1.165, 1.54) is 30.6 Å². The van der Waals surface area contributed by atoms with Crippen LogP contribution >= 0.6 is 11.6 Å². The fraction of sp³-hybridized carbons (Fsp3) is 0.0588. The molecule has 0 aliphatic rings. The van der Waals surface area contributed by atoms with Crippen molar-refractivity contribution < 1.29 is 9.31 Å². The van der Waals surface area contributed by atoms with Gasteiger partial charge >= 0.3 is 5.69 Å². The van der Waals surface area contributed by atoms with Gasteiger partial charge in [-0.05, 0) is 35.9 Å². The topological polar surface area (TPSA) is 93.0 Å². The van der Waals surface area contributed by atoms with Crippen LogP contribution in [-0.4, -0.2) is 14.9 Å². The zero-order chi connectivity index (χ0) is 18.5. The van der Waals surface area contributed by atoms with E-state index in [-0.39, 0.29) is 23.9 Å². The van der Waals surface area contributed by atoms with Crippen LogP contribution in [0.2, 0.25) is 5.02 Å². The summed E-state index contributed by atoms with van der Waals surface area (Å²) in [6.07, 6.45) is 1.20. The van der Waals surface area contributed by atoms with E-state index < -0.39 is 10.7 Å². The van der Waals surface area contributed by atoms with E-state index in [4.69, 9.17) is 11.6 Å². The van der Waals surface area contributed by atoms with Crippen molar-refractivity contribution in [2.24, 2.45) is 0 Å². The van der Waals surface area contributed by atoms with Crippen molar-refractivity contribution in [3.63, 3.8) is 0 Å². The van der Waals surface area contributed by atoms with Gasteiger partial charge in [0, 0.05) is 17.3 Å². The Hall–Kier alpha value is -3.26. The molecule has 0 amide bonds. The fourth-order valence-corrected chi connectivity index (χ4v) is 2.47. The summed E-state index contributed by atoms with van der Waals surface area (Å²) in [5, 5.41) is 17.8. The molecule has 0 saturated carbocycles. The van der Waals surface area contributed by atoms with Crippen LogP contribution in [0.15, 0.2) is 54.9 Å². The molecular formula is C17H13ClFN5O2. The molecule has 0 aliphatic carbocycles. The summed E-state index contributed by atoms with van der Waals surface area (Å²) in [4.78, 5) is 18.8. The van der Waals surface area contributed by atoms with Gasteiger partial charge in [-0.2, -0.15) is 0 Å². The molecular weight excluding hydrogens is 361 g/mol. The molecule has 0 unspecified atom stereocenters. The number of halogens is 2. The van der Waals surface area contributed by atoms with E-state index >= 15 is 0 Å². The highest BCUT2D eigenvalue weighted by Crippen LogP contribution is 2.31. The third kappa shape index (κ3) is 4.04. The molecule has 26 heavy (non-hydrogen) atoms. The van der Waals surface area contributed by atoms with Gasteiger partial charge in [-0.25, -0.2) is 14.4 Å². The van der Waals surface area contributed by atoms with Crippen molar-refractivity contribution in [1.29, 1.82) is 0 Å². The maximum Gasteiger partial charge on any atom is 0.353 e. The molecule has 0 spiro atoms. The Bertz CT molecular complexity index is 937. The van der Waals surface area contributed by atoms with E-state index in [1.807, 2.05) is 6.07 Å². The highest BCUT2D eigenvalue weighted by molar-refractivity contribution is 6.31. The Labute approximate surface area is 153 Å². The summed E-state index contributed by atoms with van der Waals surface area (Å²) >= 11 is 6.09. The maximum absolute atomic E-state index is 13.0. The number of hydrogen-bond acceptors (Lipinski definition) is 6. The molecule has 0 radical (unpaired) electrons. The number of nitro groups is 1. The van der Waals surface area contributed by atoms with Crippen molar-refractivity contribution >= 4 is 34.6 Å². The van der Waals surface area contributed by atoms with Gasteiger partial charge in [0.15, 0.2) is 0 Å². The highest BCUT2D eigenvalue weighted by atomic mass is 35.5. The van der Waals surface area contributed by atoms with E-state index in [0.717, 1.165) is 5.56 Å². The van der Waals surface area contributed by atoms with E-state index in [9.17, 15) is 14.5 Å². The minimum atomic E-state index is -0.583. The average Bonchev–Trinajstić information content (AvgIpc) is 2.63. The molecule has 1 heterocycles. The number of benzene rings is 2. The second-order valence-corrected chi connectivity index (χ2v) is 5.66. The van der Waals surface area contributed by atoms with Gasteiger partial charge in [0.2, 0.25) is 11.6 Å². The highest BCUT2D eigenvalue weighted by Gasteiger charge is 2.23. The number of rotatable bonds is 6. The van der Waals surface area contributed by atoms with Crippen LogP contribution < -0.4 is 10.6 Å². The zero-order valence-corrected chi connectivity index (χ0v) is 14.1. The number of aromatic nitrogens is 2. The van der Waals surface area contributed by atoms with Crippen molar-refractivity contribution in [3.8, 4) is 0 Å². The lowest BCUT2D eigenvalue weighted by Gasteiger charge is -2.10. The molecule has 3 rings (SSSR count). The SMILES string of the molecule is O=[N+]([O-])c1c(NCc2ccccc2Cl)ncnc1Nc1ccc(F)cc1. The summed E-state index contributed by atoms with van der Waals surface area (Å²) in [5.41, 5.74) is 0.921. The summed E-state index contributed by atoms with van der Waals surface area (Å²) in [7, 11) is 0. The largest absolute Gasteiger partial charge is 0.360 e. The lowest BCUT2D eigenvalue weighted by atomic mass is 10.2. The Balaban J connectivity index is 1.87. The van der Waals surface area contributed by atoms with Gasteiger partial charge in [0.25, 0.3) is 0 Å². The predicted octanol–water partition coefficient (Wildman–Crippen LogP) is 4.53. The van der Waals surface area contributed by atoms with Crippen LogP contribution in [0.3, 0.4) is 0 Å². The molecule has 0 saturated heterocycles. The smallest absolute Gasteiger partial charge is 0.353 e.